The number of nitro groups is 1. The second kappa shape index (κ2) is 5.66. The number of carboxylic acids is 1. The third-order valence-electron chi connectivity index (χ3n) is 2.50. The lowest BCUT2D eigenvalue weighted by Gasteiger charge is -2.05. The summed E-state index contributed by atoms with van der Waals surface area (Å²) in [5.41, 5.74) is -0.180. The van der Waals surface area contributed by atoms with Gasteiger partial charge < -0.3 is 9.84 Å². The smallest absolute Gasteiger partial charge is 0.346 e. The van der Waals surface area contributed by atoms with Gasteiger partial charge in [-0.15, -0.1) is 0 Å². The summed E-state index contributed by atoms with van der Waals surface area (Å²) in [5, 5.41) is 22.0. The van der Waals surface area contributed by atoms with E-state index in [0.717, 1.165) is 18.2 Å². The molecule has 0 aliphatic carbocycles. The summed E-state index contributed by atoms with van der Waals surface area (Å²) in [6.45, 7) is 1.93. The zero-order valence-electron chi connectivity index (χ0n) is 10.4. The van der Waals surface area contributed by atoms with E-state index in [1.807, 2.05) is 6.92 Å². The molecule has 0 spiro atoms. The van der Waals surface area contributed by atoms with Gasteiger partial charge in [0.1, 0.15) is 0 Å². The number of ether oxygens (including phenoxy) is 1. The van der Waals surface area contributed by atoms with Gasteiger partial charge >= 0.3 is 5.97 Å². The van der Waals surface area contributed by atoms with Crippen LogP contribution in [0.25, 0.3) is 0 Å². The molecule has 2 rings (SSSR count). The van der Waals surface area contributed by atoms with Crippen LogP contribution < -0.4 is 4.74 Å². The summed E-state index contributed by atoms with van der Waals surface area (Å²) in [4.78, 5) is 25.4. The quantitative estimate of drug-likeness (QED) is 0.671. The Bertz CT molecular complexity index is 668. The highest BCUT2D eigenvalue weighted by atomic mass is 32.1. The third-order valence-corrected chi connectivity index (χ3v) is 3.27. The summed E-state index contributed by atoms with van der Waals surface area (Å²) in [6.07, 6.45) is 0.723. The average Bonchev–Trinajstić information content (AvgIpc) is 2.85. The van der Waals surface area contributed by atoms with Gasteiger partial charge in [0.15, 0.2) is 11.3 Å². The van der Waals surface area contributed by atoms with Crippen molar-refractivity contribution in [3.63, 3.8) is 0 Å². The molecule has 7 nitrogen and oxygen atoms in total. The minimum absolute atomic E-state index is 0.0938. The Hall–Kier alpha value is -2.48. The first kappa shape index (κ1) is 13.9. The van der Waals surface area contributed by atoms with Gasteiger partial charge in [-0.05, 0) is 12.5 Å². The maximum Gasteiger partial charge on any atom is 0.346 e. The van der Waals surface area contributed by atoms with Crippen LogP contribution in [0.5, 0.6) is 10.9 Å². The molecule has 2 aromatic rings. The Morgan fingerprint density at radius 1 is 1.55 bits per heavy atom. The van der Waals surface area contributed by atoms with Crippen LogP contribution in [0.1, 0.15) is 23.0 Å². The third kappa shape index (κ3) is 2.75. The standard InChI is InChI=1S/C12H10N2O5S/c1-2-7-6-20-12(13-7)19-9-5-3-4-8(14(17)18)10(9)11(15)16/h3-6H,2H2,1H3,(H,15,16). The SMILES string of the molecule is CCc1csc(Oc2cccc([N+](=O)[O-])c2C(=O)O)n1. The van der Waals surface area contributed by atoms with Gasteiger partial charge in [0.25, 0.3) is 10.9 Å². The lowest BCUT2D eigenvalue weighted by atomic mass is 10.1. The second-order valence-corrected chi connectivity index (χ2v) is 4.59. The number of nitro benzene ring substituents is 1. The van der Waals surface area contributed by atoms with E-state index in [1.54, 1.807) is 5.38 Å². The average molecular weight is 294 g/mol. The van der Waals surface area contributed by atoms with Crippen LogP contribution in [-0.2, 0) is 6.42 Å². The summed E-state index contributed by atoms with van der Waals surface area (Å²) >= 11 is 1.21. The van der Waals surface area contributed by atoms with E-state index in [0.29, 0.717) is 0 Å². The molecule has 0 amide bonds. The largest absolute Gasteiger partial charge is 0.477 e. The van der Waals surface area contributed by atoms with E-state index < -0.39 is 22.1 Å². The molecule has 0 fully saturated rings. The molecule has 20 heavy (non-hydrogen) atoms. The summed E-state index contributed by atoms with van der Waals surface area (Å²) < 4.78 is 5.37. The number of aryl methyl sites for hydroxylation is 1. The number of benzene rings is 1. The van der Waals surface area contributed by atoms with E-state index in [-0.39, 0.29) is 10.9 Å². The number of thiazole rings is 1. The Kier molecular flexibility index (Phi) is 3.94. The Morgan fingerprint density at radius 3 is 2.85 bits per heavy atom. The molecule has 0 saturated heterocycles. The number of hydrogen-bond acceptors (Lipinski definition) is 6. The van der Waals surface area contributed by atoms with E-state index in [2.05, 4.69) is 4.98 Å². The summed E-state index contributed by atoms with van der Waals surface area (Å²) in [7, 11) is 0. The molecule has 1 aromatic carbocycles. The number of rotatable bonds is 5. The van der Waals surface area contributed by atoms with Crippen LogP contribution in [0.3, 0.4) is 0 Å². The number of aromatic nitrogens is 1. The highest BCUT2D eigenvalue weighted by Crippen LogP contribution is 2.33. The molecule has 0 aliphatic heterocycles. The summed E-state index contributed by atoms with van der Waals surface area (Å²) in [6, 6.07) is 3.85. The normalized spacial score (nSPS) is 10.2. The molecule has 104 valence electrons. The number of carboxylic acid groups (broad SMARTS) is 1. The summed E-state index contributed by atoms with van der Waals surface area (Å²) in [5.74, 6) is -1.51. The minimum atomic E-state index is -1.42. The first-order valence-electron chi connectivity index (χ1n) is 5.66. The predicted molar refractivity (Wildman–Crippen MR) is 71.6 cm³/mol. The van der Waals surface area contributed by atoms with Crippen molar-refractivity contribution in [1.29, 1.82) is 0 Å². The monoisotopic (exact) mass is 294 g/mol. The molecule has 1 heterocycles. The molecule has 8 heteroatoms. The lowest BCUT2D eigenvalue weighted by molar-refractivity contribution is -0.385. The molecule has 0 aliphatic rings. The Balaban J connectivity index is 2.43. The van der Waals surface area contributed by atoms with Gasteiger partial charge in [-0.1, -0.05) is 24.3 Å². The topological polar surface area (TPSA) is 103 Å². The maximum atomic E-state index is 11.2. The van der Waals surface area contributed by atoms with Crippen LogP contribution >= 0.6 is 11.3 Å². The minimum Gasteiger partial charge on any atom is -0.477 e. The fourth-order valence-electron chi connectivity index (χ4n) is 1.56. The van der Waals surface area contributed by atoms with Gasteiger partial charge in [-0.3, -0.25) is 10.1 Å². The van der Waals surface area contributed by atoms with E-state index in [4.69, 9.17) is 9.84 Å². The van der Waals surface area contributed by atoms with Gasteiger partial charge in [-0.2, -0.15) is 0 Å². The van der Waals surface area contributed by atoms with Crippen molar-refractivity contribution < 1.29 is 19.6 Å². The molecular weight excluding hydrogens is 284 g/mol. The molecule has 0 bridgehead atoms. The highest BCUT2D eigenvalue weighted by Gasteiger charge is 2.25. The van der Waals surface area contributed by atoms with Crippen LogP contribution in [0.4, 0.5) is 5.69 Å². The first-order chi connectivity index (χ1) is 9.52. The predicted octanol–water partition coefficient (Wildman–Crippen LogP) is 3.10. The molecule has 0 radical (unpaired) electrons. The lowest BCUT2D eigenvalue weighted by Crippen LogP contribution is -2.05. The Morgan fingerprint density at radius 2 is 2.30 bits per heavy atom. The number of nitrogens with zero attached hydrogens (tertiary/aromatic N) is 2. The number of carbonyl (C=O) groups is 1. The van der Waals surface area contributed by atoms with Crippen molar-refractivity contribution in [2.45, 2.75) is 13.3 Å². The van der Waals surface area contributed by atoms with Gasteiger partial charge in [0, 0.05) is 11.4 Å². The van der Waals surface area contributed by atoms with Crippen LogP contribution in [0, 0.1) is 10.1 Å². The fraction of sp³-hybridized carbons (Fsp3) is 0.167. The van der Waals surface area contributed by atoms with Crippen LogP contribution in [0.2, 0.25) is 0 Å². The molecule has 0 unspecified atom stereocenters. The van der Waals surface area contributed by atoms with Crippen molar-refractivity contribution >= 4 is 23.0 Å². The first-order valence-corrected chi connectivity index (χ1v) is 6.53. The molecular formula is C12H10N2O5S. The van der Waals surface area contributed by atoms with E-state index >= 15 is 0 Å². The van der Waals surface area contributed by atoms with Crippen molar-refractivity contribution in [3.8, 4) is 10.9 Å². The fourth-order valence-corrected chi connectivity index (χ4v) is 2.33. The van der Waals surface area contributed by atoms with Gasteiger partial charge in [-0.25, -0.2) is 9.78 Å². The number of aromatic carboxylic acids is 1. The molecule has 1 aromatic heterocycles. The second-order valence-electron chi connectivity index (χ2n) is 3.77. The van der Waals surface area contributed by atoms with Gasteiger partial charge in [0.2, 0.25) is 0 Å². The van der Waals surface area contributed by atoms with Crippen LogP contribution in [-0.4, -0.2) is 21.0 Å². The molecule has 1 N–H and O–H groups in total. The van der Waals surface area contributed by atoms with Crippen LogP contribution in [0.15, 0.2) is 23.6 Å². The van der Waals surface area contributed by atoms with E-state index in [9.17, 15) is 14.9 Å². The Labute approximate surface area is 117 Å². The molecule has 0 saturated carbocycles. The zero-order valence-corrected chi connectivity index (χ0v) is 11.2. The highest BCUT2D eigenvalue weighted by molar-refractivity contribution is 7.11. The molecule has 0 atom stereocenters. The van der Waals surface area contributed by atoms with Gasteiger partial charge in [0.05, 0.1) is 10.6 Å². The number of hydrogen-bond donors (Lipinski definition) is 1. The van der Waals surface area contributed by atoms with Crippen molar-refractivity contribution in [2.24, 2.45) is 0 Å². The van der Waals surface area contributed by atoms with Crippen molar-refractivity contribution in [2.75, 3.05) is 0 Å². The van der Waals surface area contributed by atoms with Crippen molar-refractivity contribution in [1.82, 2.24) is 4.98 Å². The van der Waals surface area contributed by atoms with Crippen molar-refractivity contribution in [3.05, 3.63) is 45.0 Å². The zero-order chi connectivity index (χ0) is 14.7. The maximum absolute atomic E-state index is 11.2. The van der Waals surface area contributed by atoms with E-state index in [1.165, 1.54) is 23.5 Å².